The molecule has 0 atom stereocenters. The van der Waals surface area contributed by atoms with Crippen LogP contribution in [-0.2, 0) is 0 Å². The second kappa shape index (κ2) is 5.24. The van der Waals surface area contributed by atoms with Gasteiger partial charge in [-0.15, -0.1) is 10.2 Å². The molecule has 104 valence electrons. The minimum absolute atomic E-state index is 0.229. The molecule has 0 amide bonds. The molecule has 1 aliphatic rings. The van der Waals surface area contributed by atoms with Crippen LogP contribution in [0.15, 0.2) is 24.3 Å². The second-order valence-electron chi connectivity index (χ2n) is 4.24. The van der Waals surface area contributed by atoms with E-state index >= 15 is 0 Å². The van der Waals surface area contributed by atoms with Crippen molar-refractivity contribution >= 4 is 5.82 Å². The first-order valence-electron chi connectivity index (χ1n) is 6.37. The summed E-state index contributed by atoms with van der Waals surface area (Å²) in [6, 6.07) is 7.44. The Hall–Kier alpha value is -2.50. The van der Waals surface area contributed by atoms with Gasteiger partial charge in [0.15, 0.2) is 11.5 Å². The summed E-state index contributed by atoms with van der Waals surface area (Å²) in [6.45, 7) is 3.05. The first-order valence-corrected chi connectivity index (χ1v) is 6.37. The van der Waals surface area contributed by atoms with Crippen LogP contribution < -0.4 is 19.5 Å². The van der Waals surface area contributed by atoms with Gasteiger partial charge in [0.2, 0.25) is 6.79 Å². The molecule has 0 bridgehead atoms. The van der Waals surface area contributed by atoms with Crippen LogP contribution in [0.5, 0.6) is 17.2 Å². The Morgan fingerprint density at radius 3 is 2.65 bits per heavy atom. The van der Waals surface area contributed by atoms with Gasteiger partial charge in [0.05, 0.1) is 12.8 Å². The lowest BCUT2D eigenvalue weighted by Gasteiger charge is -2.09. The van der Waals surface area contributed by atoms with E-state index in [4.69, 9.17) is 14.2 Å². The third kappa shape index (κ3) is 2.20. The number of fused-ring (bicyclic) bond motifs is 1. The van der Waals surface area contributed by atoms with E-state index in [9.17, 15) is 0 Å². The van der Waals surface area contributed by atoms with Gasteiger partial charge in [0, 0.05) is 18.2 Å². The van der Waals surface area contributed by atoms with E-state index in [1.807, 2.05) is 25.1 Å². The lowest BCUT2D eigenvalue weighted by Crippen LogP contribution is -2.01. The fourth-order valence-electron chi connectivity index (χ4n) is 2.04. The molecule has 0 radical (unpaired) electrons. The SMILES string of the molecule is CCNc1ccc(-c2cc3c(cc2OC)OCO3)nn1. The van der Waals surface area contributed by atoms with E-state index in [1.54, 1.807) is 13.2 Å². The van der Waals surface area contributed by atoms with Crippen LogP contribution in [0.2, 0.25) is 0 Å². The molecule has 0 fully saturated rings. The second-order valence-corrected chi connectivity index (χ2v) is 4.24. The number of aromatic nitrogens is 2. The predicted molar refractivity (Wildman–Crippen MR) is 74.3 cm³/mol. The van der Waals surface area contributed by atoms with Crippen LogP contribution in [-0.4, -0.2) is 30.6 Å². The maximum Gasteiger partial charge on any atom is 0.231 e. The molecule has 1 N–H and O–H groups in total. The van der Waals surface area contributed by atoms with Crippen LogP contribution in [0.25, 0.3) is 11.3 Å². The highest BCUT2D eigenvalue weighted by molar-refractivity contribution is 5.72. The van der Waals surface area contributed by atoms with Gasteiger partial charge in [0.1, 0.15) is 11.6 Å². The van der Waals surface area contributed by atoms with Gasteiger partial charge in [-0.25, -0.2) is 0 Å². The summed E-state index contributed by atoms with van der Waals surface area (Å²) in [4.78, 5) is 0. The molecule has 3 rings (SSSR count). The Labute approximate surface area is 116 Å². The third-order valence-corrected chi connectivity index (χ3v) is 2.99. The molecule has 0 saturated carbocycles. The third-order valence-electron chi connectivity index (χ3n) is 2.99. The highest BCUT2D eigenvalue weighted by Gasteiger charge is 2.19. The topological polar surface area (TPSA) is 65.5 Å². The zero-order valence-corrected chi connectivity index (χ0v) is 11.3. The Bertz CT molecular complexity index is 614. The number of benzene rings is 1. The minimum Gasteiger partial charge on any atom is -0.496 e. The van der Waals surface area contributed by atoms with Crippen LogP contribution >= 0.6 is 0 Å². The molecule has 0 aliphatic carbocycles. The number of nitrogens with one attached hydrogen (secondary N) is 1. The monoisotopic (exact) mass is 273 g/mol. The van der Waals surface area contributed by atoms with Crippen LogP contribution in [0.1, 0.15) is 6.92 Å². The van der Waals surface area contributed by atoms with Crippen molar-refractivity contribution in [1.82, 2.24) is 10.2 Å². The molecule has 2 heterocycles. The lowest BCUT2D eigenvalue weighted by atomic mass is 10.1. The van der Waals surface area contributed by atoms with Crippen LogP contribution in [0.4, 0.5) is 5.82 Å². The highest BCUT2D eigenvalue weighted by Crippen LogP contribution is 2.41. The predicted octanol–water partition coefficient (Wildman–Crippen LogP) is 2.31. The molecule has 0 saturated heterocycles. The Morgan fingerprint density at radius 1 is 1.20 bits per heavy atom. The summed E-state index contributed by atoms with van der Waals surface area (Å²) in [5, 5.41) is 11.4. The van der Waals surface area contributed by atoms with Gasteiger partial charge < -0.3 is 19.5 Å². The number of anilines is 1. The van der Waals surface area contributed by atoms with Crippen molar-refractivity contribution in [2.45, 2.75) is 6.92 Å². The summed E-state index contributed by atoms with van der Waals surface area (Å²) in [6.07, 6.45) is 0. The van der Waals surface area contributed by atoms with Crippen molar-refractivity contribution in [1.29, 1.82) is 0 Å². The molecule has 6 heteroatoms. The van der Waals surface area contributed by atoms with Gasteiger partial charge in [-0.3, -0.25) is 0 Å². The number of hydrogen-bond acceptors (Lipinski definition) is 6. The van der Waals surface area contributed by atoms with E-state index in [1.165, 1.54) is 0 Å². The average Bonchev–Trinajstić information content (AvgIpc) is 2.94. The fourth-order valence-corrected chi connectivity index (χ4v) is 2.04. The van der Waals surface area contributed by atoms with Crippen LogP contribution in [0, 0.1) is 0 Å². The van der Waals surface area contributed by atoms with Crippen molar-refractivity contribution in [3.05, 3.63) is 24.3 Å². The Balaban J connectivity index is 2.00. The first-order chi connectivity index (χ1) is 9.81. The van der Waals surface area contributed by atoms with E-state index in [-0.39, 0.29) is 6.79 Å². The maximum atomic E-state index is 5.38. The van der Waals surface area contributed by atoms with Crippen molar-refractivity contribution < 1.29 is 14.2 Å². The van der Waals surface area contributed by atoms with Gasteiger partial charge in [0.25, 0.3) is 0 Å². The van der Waals surface area contributed by atoms with Crippen molar-refractivity contribution in [2.24, 2.45) is 0 Å². The van der Waals surface area contributed by atoms with Crippen molar-refractivity contribution in [3.8, 4) is 28.5 Å². The van der Waals surface area contributed by atoms with Crippen molar-refractivity contribution in [2.75, 3.05) is 25.8 Å². The Morgan fingerprint density at radius 2 is 2.00 bits per heavy atom. The molecule has 0 unspecified atom stereocenters. The molecular weight excluding hydrogens is 258 g/mol. The standard InChI is InChI=1S/C14H15N3O3/c1-3-15-14-5-4-10(16-17-14)9-6-12-13(20-8-19-12)7-11(9)18-2/h4-7H,3,8H2,1-2H3,(H,15,17). The lowest BCUT2D eigenvalue weighted by molar-refractivity contribution is 0.174. The zero-order valence-electron chi connectivity index (χ0n) is 11.3. The van der Waals surface area contributed by atoms with Crippen molar-refractivity contribution in [3.63, 3.8) is 0 Å². The molecule has 6 nitrogen and oxygen atoms in total. The highest BCUT2D eigenvalue weighted by atomic mass is 16.7. The fraction of sp³-hybridized carbons (Fsp3) is 0.286. The molecule has 1 aromatic heterocycles. The Kier molecular flexibility index (Phi) is 3.28. The summed E-state index contributed by atoms with van der Waals surface area (Å²) in [5.41, 5.74) is 1.55. The molecule has 20 heavy (non-hydrogen) atoms. The minimum atomic E-state index is 0.229. The van der Waals surface area contributed by atoms with Gasteiger partial charge in [-0.05, 0) is 25.1 Å². The first kappa shape index (κ1) is 12.5. The summed E-state index contributed by atoms with van der Waals surface area (Å²) in [5.74, 6) is 2.80. The molecule has 0 spiro atoms. The van der Waals surface area contributed by atoms with E-state index in [2.05, 4.69) is 15.5 Å². The van der Waals surface area contributed by atoms with E-state index in [0.29, 0.717) is 17.2 Å². The van der Waals surface area contributed by atoms with Crippen LogP contribution in [0.3, 0.4) is 0 Å². The molecule has 2 aromatic rings. The molecule has 1 aromatic carbocycles. The largest absolute Gasteiger partial charge is 0.496 e. The smallest absolute Gasteiger partial charge is 0.231 e. The summed E-state index contributed by atoms with van der Waals surface area (Å²) >= 11 is 0. The maximum absolute atomic E-state index is 5.38. The summed E-state index contributed by atoms with van der Waals surface area (Å²) < 4.78 is 16.1. The number of hydrogen-bond donors (Lipinski definition) is 1. The average molecular weight is 273 g/mol. The normalized spacial score (nSPS) is 12.3. The quantitative estimate of drug-likeness (QED) is 0.922. The molecule has 1 aliphatic heterocycles. The van der Waals surface area contributed by atoms with E-state index in [0.717, 1.165) is 23.6 Å². The number of rotatable bonds is 4. The van der Waals surface area contributed by atoms with Gasteiger partial charge in [-0.2, -0.15) is 0 Å². The number of methoxy groups -OCH3 is 1. The van der Waals surface area contributed by atoms with Gasteiger partial charge >= 0.3 is 0 Å². The van der Waals surface area contributed by atoms with E-state index < -0.39 is 0 Å². The zero-order chi connectivity index (χ0) is 13.9. The molecular formula is C14H15N3O3. The number of nitrogens with zero attached hydrogens (tertiary/aromatic N) is 2. The number of ether oxygens (including phenoxy) is 3. The van der Waals surface area contributed by atoms with Gasteiger partial charge in [-0.1, -0.05) is 0 Å². The summed E-state index contributed by atoms with van der Waals surface area (Å²) in [7, 11) is 1.61.